The molecule has 0 aliphatic rings. The minimum Gasteiger partial charge on any atom is -0.502 e. The van der Waals surface area contributed by atoms with Crippen molar-refractivity contribution in [3.63, 3.8) is 0 Å². The van der Waals surface area contributed by atoms with Crippen molar-refractivity contribution in [2.45, 2.75) is 19.8 Å². The summed E-state index contributed by atoms with van der Waals surface area (Å²) in [5, 5.41) is 19.4. The van der Waals surface area contributed by atoms with Crippen LogP contribution in [0.5, 0.6) is 17.2 Å². The molecule has 3 N–H and O–H groups in total. The number of pyridine rings is 1. The predicted octanol–water partition coefficient (Wildman–Crippen LogP) is 3.05. The van der Waals surface area contributed by atoms with Crippen molar-refractivity contribution in [1.29, 1.82) is 5.26 Å². The molecule has 120 valence electrons. The van der Waals surface area contributed by atoms with Gasteiger partial charge in [-0.2, -0.15) is 5.26 Å². The molecule has 1 heterocycles. The number of nitriles is 1. The molecule has 0 radical (unpaired) electrons. The minimum absolute atomic E-state index is 0.0941. The number of rotatable bonds is 4. The van der Waals surface area contributed by atoms with Crippen molar-refractivity contribution in [3.8, 4) is 34.4 Å². The highest BCUT2D eigenvalue weighted by Gasteiger charge is 2.18. The van der Waals surface area contributed by atoms with Crippen LogP contribution in [0, 0.1) is 11.3 Å². The molecule has 23 heavy (non-hydrogen) atoms. The second-order valence-electron chi connectivity index (χ2n) is 5.35. The summed E-state index contributed by atoms with van der Waals surface area (Å²) >= 11 is 0. The molecule has 0 saturated carbocycles. The Kier molecular flexibility index (Phi) is 4.60. The summed E-state index contributed by atoms with van der Waals surface area (Å²) in [6.45, 7) is 3.99. The zero-order chi connectivity index (χ0) is 17.1. The van der Waals surface area contributed by atoms with E-state index in [0.717, 1.165) is 5.69 Å². The van der Waals surface area contributed by atoms with E-state index >= 15 is 0 Å². The fourth-order valence-electron chi connectivity index (χ4n) is 2.28. The standard InChI is InChI=1S/C17H19N3O3/c1-9(2)13-7-11(12(8-18)17(19)20-13)10-5-14(22-3)16(21)15(6-10)23-4/h5-7,9,21H,1-4H3,(H2,19,20). The summed E-state index contributed by atoms with van der Waals surface area (Å²) in [5.74, 6) is 0.752. The SMILES string of the molecule is COc1cc(-c2cc(C(C)C)nc(N)c2C#N)cc(OC)c1O. The summed E-state index contributed by atoms with van der Waals surface area (Å²) < 4.78 is 10.3. The van der Waals surface area contributed by atoms with E-state index in [-0.39, 0.29) is 34.5 Å². The molecule has 2 rings (SSSR count). The number of nitrogen functional groups attached to an aromatic ring is 1. The molecule has 2 aromatic rings. The van der Waals surface area contributed by atoms with E-state index in [1.165, 1.54) is 14.2 Å². The van der Waals surface area contributed by atoms with Crippen LogP contribution in [-0.2, 0) is 0 Å². The topological polar surface area (TPSA) is 101 Å². The third-order valence-electron chi connectivity index (χ3n) is 3.56. The maximum atomic E-state index is 10.0. The maximum Gasteiger partial charge on any atom is 0.200 e. The Hall–Kier alpha value is -2.94. The summed E-state index contributed by atoms with van der Waals surface area (Å²) in [6.07, 6.45) is 0. The van der Waals surface area contributed by atoms with E-state index in [2.05, 4.69) is 11.1 Å². The van der Waals surface area contributed by atoms with Gasteiger partial charge in [-0.1, -0.05) is 13.8 Å². The molecule has 0 saturated heterocycles. The Balaban J connectivity index is 2.78. The number of hydrogen-bond acceptors (Lipinski definition) is 6. The van der Waals surface area contributed by atoms with Crippen molar-refractivity contribution in [2.24, 2.45) is 0 Å². The van der Waals surface area contributed by atoms with Crippen LogP contribution in [0.4, 0.5) is 5.82 Å². The lowest BCUT2D eigenvalue weighted by molar-refractivity contribution is 0.340. The van der Waals surface area contributed by atoms with Gasteiger partial charge in [0, 0.05) is 11.3 Å². The normalized spacial score (nSPS) is 10.4. The van der Waals surface area contributed by atoms with Gasteiger partial charge in [-0.15, -0.1) is 0 Å². The first kappa shape index (κ1) is 16.4. The minimum atomic E-state index is -0.0941. The Bertz CT molecular complexity index is 754. The average Bonchev–Trinajstić information content (AvgIpc) is 2.54. The molecule has 6 heteroatoms. The number of methoxy groups -OCH3 is 2. The Morgan fingerprint density at radius 3 is 2.17 bits per heavy atom. The number of phenolic OH excluding ortho intramolecular Hbond substituents is 1. The van der Waals surface area contributed by atoms with Gasteiger partial charge in [-0.05, 0) is 29.7 Å². The van der Waals surface area contributed by atoms with Gasteiger partial charge in [0.15, 0.2) is 11.5 Å². The van der Waals surface area contributed by atoms with Gasteiger partial charge < -0.3 is 20.3 Å². The van der Waals surface area contributed by atoms with E-state index < -0.39 is 0 Å². The third kappa shape index (κ3) is 2.99. The fourth-order valence-corrected chi connectivity index (χ4v) is 2.28. The number of aromatic nitrogens is 1. The van der Waals surface area contributed by atoms with E-state index in [1.807, 2.05) is 19.9 Å². The Morgan fingerprint density at radius 1 is 1.17 bits per heavy atom. The largest absolute Gasteiger partial charge is 0.502 e. The van der Waals surface area contributed by atoms with Crippen LogP contribution in [0.3, 0.4) is 0 Å². The van der Waals surface area contributed by atoms with Gasteiger partial charge in [0.1, 0.15) is 17.5 Å². The molecule has 1 aromatic heterocycles. The first-order valence-corrected chi connectivity index (χ1v) is 7.08. The number of ether oxygens (including phenoxy) is 2. The molecule has 0 bridgehead atoms. The van der Waals surface area contributed by atoms with Crippen LogP contribution in [0.15, 0.2) is 18.2 Å². The summed E-state index contributed by atoms with van der Waals surface area (Å²) in [5.41, 5.74) is 8.28. The number of hydrogen-bond donors (Lipinski definition) is 2. The quantitative estimate of drug-likeness (QED) is 0.899. The first-order valence-electron chi connectivity index (χ1n) is 7.08. The van der Waals surface area contributed by atoms with Crippen molar-refractivity contribution < 1.29 is 14.6 Å². The lowest BCUT2D eigenvalue weighted by atomic mass is 9.97. The molecule has 0 aliphatic heterocycles. The molecule has 0 aliphatic carbocycles. The molecular formula is C17H19N3O3. The lowest BCUT2D eigenvalue weighted by Gasteiger charge is -2.15. The highest BCUT2D eigenvalue weighted by Crippen LogP contribution is 2.41. The van der Waals surface area contributed by atoms with Crippen molar-refractivity contribution in [2.75, 3.05) is 20.0 Å². The van der Waals surface area contributed by atoms with E-state index in [1.54, 1.807) is 12.1 Å². The molecule has 0 unspecified atom stereocenters. The van der Waals surface area contributed by atoms with Gasteiger partial charge in [0.2, 0.25) is 5.75 Å². The summed E-state index contributed by atoms with van der Waals surface area (Å²) in [6, 6.07) is 7.18. The van der Waals surface area contributed by atoms with Gasteiger partial charge in [-0.25, -0.2) is 4.98 Å². The molecule has 1 aromatic carbocycles. The highest BCUT2D eigenvalue weighted by atomic mass is 16.5. The number of phenols is 1. The van der Waals surface area contributed by atoms with E-state index in [9.17, 15) is 10.4 Å². The Labute approximate surface area is 135 Å². The van der Waals surface area contributed by atoms with Crippen molar-refractivity contribution in [1.82, 2.24) is 4.98 Å². The van der Waals surface area contributed by atoms with Crippen LogP contribution < -0.4 is 15.2 Å². The number of benzene rings is 1. The van der Waals surface area contributed by atoms with Gasteiger partial charge in [0.25, 0.3) is 0 Å². The van der Waals surface area contributed by atoms with Crippen LogP contribution in [0.1, 0.15) is 31.0 Å². The van der Waals surface area contributed by atoms with Crippen LogP contribution in [0.25, 0.3) is 11.1 Å². The summed E-state index contributed by atoms with van der Waals surface area (Å²) in [4.78, 5) is 4.28. The number of nitrogens with zero attached hydrogens (tertiary/aromatic N) is 2. The fraction of sp³-hybridized carbons (Fsp3) is 0.294. The average molecular weight is 313 g/mol. The van der Waals surface area contributed by atoms with E-state index in [0.29, 0.717) is 11.1 Å². The first-order chi connectivity index (χ1) is 10.9. The lowest BCUT2D eigenvalue weighted by Crippen LogP contribution is -2.03. The van der Waals surface area contributed by atoms with Gasteiger partial charge in [-0.3, -0.25) is 0 Å². The van der Waals surface area contributed by atoms with Crippen LogP contribution in [-0.4, -0.2) is 24.3 Å². The van der Waals surface area contributed by atoms with Gasteiger partial charge >= 0.3 is 0 Å². The van der Waals surface area contributed by atoms with Crippen molar-refractivity contribution >= 4 is 5.82 Å². The maximum absolute atomic E-state index is 10.0. The number of nitrogens with two attached hydrogens (primary N) is 1. The molecule has 0 spiro atoms. The third-order valence-corrected chi connectivity index (χ3v) is 3.56. The van der Waals surface area contributed by atoms with Gasteiger partial charge in [0.05, 0.1) is 14.2 Å². The van der Waals surface area contributed by atoms with Crippen LogP contribution >= 0.6 is 0 Å². The molecule has 0 amide bonds. The van der Waals surface area contributed by atoms with Crippen molar-refractivity contribution in [3.05, 3.63) is 29.5 Å². The summed E-state index contributed by atoms with van der Waals surface area (Å²) in [7, 11) is 2.90. The molecule has 6 nitrogen and oxygen atoms in total. The highest BCUT2D eigenvalue weighted by molar-refractivity contribution is 5.79. The smallest absolute Gasteiger partial charge is 0.200 e. The monoisotopic (exact) mass is 313 g/mol. The molecule has 0 fully saturated rings. The molecule has 0 atom stereocenters. The van der Waals surface area contributed by atoms with E-state index in [4.69, 9.17) is 15.2 Å². The van der Waals surface area contributed by atoms with Crippen LogP contribution in [0.2, 0.25) is 0 Å². The number of aromatic hydroxyl groups is 1. The number of anilines is 1. The predicted molar refractivity (Wildman–Crippen MR) is 87.7 cm³/mol. The Morgan fingerprint density at radius 2 is 1.74 bits per heavy atom. The zero-order valence-electron chi connectivity index (χ0n) is 13.5. The molecular weight excluding hydrogens is 294 g/mol. The second-order valence-corrected chi connectivity index (χ2v) is 5.35. The zero-order valence-corrected chi connectivity index (χ0v) is 13.5. The second kappa shape index (κ2) is 6.44.